The van der Waals surface area contributed by atoms with Gasteiger partial charge in [-0.2, -0.15) is 0 Å². The number of β-amino-alcohol motifs (C(OH)–C–C–N with tert-alkyl or cyclic N) is 1. The van der Waals surface area contributed by atoms with Crippen LogP contribution in [0, 0.1) is 0 Å². The Balaban J connectivity index is 2.06. The molecular weight excluding hydrogens is 316 g/mol. The van der Waals surface area contributed by atoms with Crippen molar-refractivity contribution >= 4 is 17.8 Å². The van der Waals surface area contributed by atoms with E-state index in [1.165, 1.54) is 24.0 Å². The molecule has 0 bridgehead atoms. The number of phenolic OH excluding ortho intramolecular Hbond substituents is 1. The van der Waals surface area contributed by atoms with Gasteiger partial charge in [-0.3, -0.25) is 9.59 Å². The van der Waals surface area contributed by atoms with E-state index < -0.39 is 30.1 Å². The van der Waals surface area contributed by atoms with Crippen molar-refractivity contribution in [2.45, 2.75) is 38.0 Å². The van der Waals surface area contributed by atoms with Gasteiger partial charge in [-0.25, -0.2) is 4.79 Å². The van der Waals surface area contributed by atoms with Gasteiger partial charge < -0.3 is 25.5 Å². The summed E-state index contributed by atoms with van der Waals surface area (Å²) in [5.41, 5.74) is 0.635. The molecule has 2 amide bonds. The molecule has 0 aliphatic carbocycles. The number of phenols is 1. The molecule has 24 heavy (non-hydrogen) atoms. The number of nitrogens with one attached hydrogen (secondary N) is 1. The summed E-state index contributed by atoms with van der Waals surface area (Å²) in [5.74, 6) is -2.10. The molecule has 8 nitrogen and oxygen atoms in total. The van der Waals surface area contributed by atoms with Crippen LogP contribution < -0.4 is 5.32 Å². The zero-order chi connectivity index (χ0) is 17.9. The number of nitrogens with zero attached hydrogens (tertiary/aromatic N) is 1. The van der Waals surface area contributed by atoms with Crippen LogP contribution in [-0.2, 0) is 20.8 Å². The van der Waals surface area contributed by atoms with Gasteiger partial charge in [0.1, 0.15) is 17.8 Å². The van der Waals surface area contributed by atoms with Gasteiger partial charge in [-0.15, -0.1) is 0 Å². The molecule has 1 aliphatic rings. The second-order valence-electron chi connectivity index (χ2n) is 5.85. The summed E-state index contributed by atoms with van der Waals surface area (Å²) in [6.07, 6.45) is -0.682. The summed E-state index contributed by atoms with van der Waals surface area (Å²) < 4.78 is 0. The van der Waals surface area contributed by atoms with Crippen LogP contribution in [-0.4, -0.2) is 62.7 Å². The summed E-state index contributed by atoms with van der Waals surface area (Å²) in [6.45, 7) is 1.35. The Morgan fingerprint density at radius 3 is 2.46 bits per heavy atom. The Morgan fingerprint density at radius 2 is 1.92 bits per heavy atom. The molecule has 4 N–H and O–H groups in total. The lowest BCUT2D eigenvalue weighted by molar-refractivity contribution is -0.143. The van der Waals surface area contributed by atoms with E-state index in [0.717, 1.165) is 0 Å². The van der Waals surface area contributed by atoms with E-state index in [1.54, 1.807) is 12.1 Å². The number of aliphatic hydroxyl groups is 1. The number of carboxylic acids is 1. The SMILES string of the molecule is CC(=O)N1CC(O)CC1C(=O)NC(Cc1ccc(O)cc1)C(=O)O. The van der Waals surface area contributed by atoms with Crippen molar-refractivity contribution < 1.29 is 29.7 Å². The van der Waals surface area contributed by atoms with Crippen molar-refractivity contribution in [1.29, 1.82) is 0 Å². The topological polar surface area (TPSA) is 127 Å². The first-order valence-electron chi connectivity index (χ1n) is 7.54. The molecule has 3 unspecified atom stereocenters. The number of aliphatic hydroxyl groups excluding tert-OH is 1. The van der Waals surface area contributed by atoms with Crippen molar-refractivity contribution in [3.63, 3.8) is 0 Å². The first-order valence-corrected chi connectivity index (χ1v) is 7.54. The maximum Gasteiger partial charge on any atom is 0.326 e. The van der Waals surface area contributed by atoms with E-state index in [4.69, 9.17) is 0 Å². The molecule has 1 aliphatic heterocycles. The lowest BCUT2D eigenvalue weighted by Gasteiger charge is -2.24. The molecule has 1 aromatic carbocycles. The van der Waals surface area contributed by atoms with Crippen molar-refractivity contribution in [3.05, 3.63) is 29.8 Å². The number of hydrogen-bond donors (Lipinski definition) is 4. The average molecular weight is 336 g/mol. The van der Waals surface area contributed by atoms with Crippen LogP contribution in [0.25, 0.3) is 0 Å². The summed E-state index contributed by atoms with van der Waals surface area (Å²) in [4.78, 5) is 36.5. The Morgan fingerprint density at radius 1 is 1.29 bits per heavy atom. The van der Waals surface area contributed by atoms with Crippen LogP contribution in [0.2, 0.25) is 0 Å². The Kier molecular flexibility index (Phi) is 5.40. The fraction of sp³-hybridized carbons (Fsp3) is 0.438. The molecule has 0 aromatic heterocycles. The number of aromatic hydroxyl groups is 1. The third kappa shape index (κ3) is 4.23. The summed E-state index contributed by atoms with van der Waals surface area (Å²) in [7, 11) is 0. The monoisotopic (exact) mass is 336 g/mol. The van der Waals surface area contributed by atoms with Crippen molar-refractivity contribution in [1.82, 2.24) is 10.2 Å². The predicted molar refractivity (Wildman–Crippen MR) is 83.2 cm³/mol. The number of aliphatic carboxylic acids is 1. The Bertz CT molecular complexity index is 630. The first-order chi connectivity index (χ1) is 11.3. The minimum Gasteiger partial charge on any atom is -0.508 e. The zero-order valence-electron chi connectivity index (χ0n) is 13.2. The second-order valence-corrected chi connectivity index (χ2v) is 5.85. The molecular formula is C16H20N2O6. The molecule has 2 rings (SSSR count). The van der Waals surface area contributed by atoms with Crippen LogP contribution in [0.4, 0.5) is 0 Å². The molecule has 8 heteroatoms. The van der Waals surface area contributed by atoms with Crippen LogP contribution in [0.15, 0.2) is 24.3 Å². The van der Waals surface area contributed by atoms with E-state index >= 15 is 0 Å². The minimum absolute atomic E-state index is 0.0384. The van der Waals surface area contributed by atoms with Crippen LogP contribution >= 0.6 is 0 Å². The number of benzene rings is 1. The first kappa shape index (κ1) is 17.7. The number of rotatable bonds is 5. The Labute approximate surface area is 138 Å². The highest BCUT2D eigenvalue weighted by atomic mass is 16.4. The van der Waals surface area contributed by atoms with Crippen molar-refractivity contribution in [2.24, 2.45) is 0 Å². The van der Waals surface area contributed by atoms with Crippen molar-refractivity contribution in [3.8, 4) is 5.75 Å². The van der Waals surface area contributed by atoms with Crippen LogP contribution in [0.1, 0.15) is 18.9 Å². The van der Waals surface area contributed by atoms with Gasteiger partial charge in [-0.1, -0.05) is 12.1 Å². The van der Waals surface area contributed by atoms with Gasteiger partial charge >= 0.3 is 5.97 Å². The number of carbonyl (C=O) groups excluding carboxylic acids is 2. The molecule has 1 saturated heterocycles. The molecule has 0 radical (unpaired) electrons. The largest absolute Gasteiger partial charge is 0.508 e. The maximum absolute atomic E-state index is 12.3. The maximum atomic E-state index is 12.3. The summed E-state index contributed by atoms with van der Waals surface area (Å²) >= 11 is 0. The average Bonchev–Trinajstić information content (AvgIpc) is 2.91. The van der Waals surface area contributed by atoms with Gasteiger partial charge in [0.2, 0.25) is 11.8 Å². The molecule has 130 valence electrons. The number of carboxylic acid groups (broad SMARTS) is 1. The zero-order valence-corrected chi connectivity index (χ0v) is 13.2. The molecule has 1 aromatic rings. The minimum atomic E-state index is -1.20. The lowest BCUT2D eigenvalue weighted by atomic mass is 10.0. The number of hydrogen-bond acceptors (Lipinski definition) is 5. The van der Waals surface area contributed by atoms with E-state index in [1.807, 2.05) is 0 Å². The molecule has 1 fully saturated rings. The highest BCUT2D eigenvalue weighted by Gasteiger charge is 2.38. The summed E-state index contributed by atoms with van der Waals surface area (Å²) in [5, 5.41) is 30.6. The van der Waals surface area contributed by atoms with Crippen molar-refractivity contribution in [2.75, 3.05) is 6.54 Å². The third-order valence-corrected chi connectivity index (χ3v) is 3.98. The molecule has 0 saturated carbocycles. The van der Waals surface area contributed by atoms with E-state index in [2.05, 4.69) is 5.32 Å². The smallest absolute Gasteiger partial charge is 0.326 e. The van der Waals surface area contributed by atoms with Gasteiger partial charge in [0.25, 0.3) is 0 Å². The summed E-state index contributed by atoms with van der Waals surface area (Å²) in [6, 6.07) is 3.95. The second kappa shape index (κ2) is 7.31. The van der Waals surface area contributed by atoms with Gasteiger partial charge in [-0.05, 0) is 17.7 Å². The fourth-order valence-electron chi connectivity index (χ4n) is 2.75. The quantitative estimate of drug-likeness (QED) is 0.573. The normalized spacial score (nSPS) is 21.3. The van der Waals surface area contributed by atoms with E-state index in [9.17, 15) is 29.7 Å². The fourth-order valence-corrected chi connectivity index (χ4v) is 2.75. The number of carbonyl (C=O) groups is 3. The van der Waals surface area contributed by atoms with E-state index in [0.29, 0.717) is 5.56 Å². The van der Waals surface area contributed by atoms with E-state index in [-0.39, 0.29) is 31.0 Å². The highest BCUT2D eigenvalue weighted by molar-refractivity contribution is 5.90. The van der Waals surface area contributed by atoms with Gasteiger partial charge in [0, 0.05) is 26.3 Å². The van der Waals surface area contributed by atoms with Crippen LogP contribution in [0.5, 0.6) is 5.75 Å². The number of amides is 2. The number of likely N-dealkylation sites (tertiary alicyclic amines) is 1. The molecule has 0 spiro atoms. The van der Waals surface area contributed by atoms with Gasteiger partial charge in [0.05, 0.1) is 6.10 Å². The lowest BCUT2D eigenvalue weighted by Crippen LogP contribution is -2.51. The highest BCUT2D eigenvalue weighted by Crippen LogP contribution is 2.19. The standard InChI is InChI=1S/C16H20N2O6/c1-9(19)18-8-12(21)7-14(18)15(22)17-13(16(23)24)6-10-2-4-11(20)5-3-10/h2-5,12-14,20-21H,6-8H2,1H3,(H,17,22)(H,23,24). The Hall–Kier alpha value is -2.61. The predicted octanol–water partition coefficient (Wildman–Crippen LogP) is -0.514. The molecule has 3 atom stereocenters. The van der Waals surface area contributed by atoms with Crippen LogP contribution in [0.3, 0.4) is 0 Å². The third-order valence-electron chi connectivity index (χ3n) is 3.98. The van der Waals surface area contributed by atoms with Gasteiger partial charge in [0.15, 0.2) is 0 Å². The molecule has 1 heterocycles.